The predicted octanol–water partition coefficient (Wildman–Crippen LogP) is 5.76. The highest BCUT2D eigenvalue weighted by atomic mass is 35.6. The van der Waals surface area contributed by atoms with Gasteiger partial charge in [-0.1, -0.05) is 46.4 Å². The molecule has 0 fully saturated rings. The summed E-state index contributed by atoms with van der Waals surface area (Å²) in [4.78, 5) is 18.9. The molecule has 3 rings (SSSR count). The number of nitrogens with zero attached hydrogens (tertiary/aromatic N) is 3. The molecule has 1 N–H and O–H groups in total. The maximum atomic E-state index is 11.0. The van der Waals surface area contributed by atoms with Crippen LogP contribution in [0.2, 0.25) is 5.02 Å². The van der Waals surface area contributed by atoms with Gasteiger partial charge in [0, 0.05) is 28.2 Å². The van der Waals surface area contributed by atoms with E-state index < -0.39 is 8.72 Å². The second-order valence-electron chi connectivity index (χ2n) is 4.98. The average Bonchev–Trinajstić information content (AvgIpc) is 2.55. The van der Waals surface area contributed by atoms with Crippen LogP contribution in [0.5, 0.6) is 0 Å². The van der Waals surface area contributed by atoms with E-state index in [9.17, 15) is 10.1 Å². The van der Waals surface area contributed by atoms with Crippen molar-refractivity contribution in [1.82, 2.24) is 9.97 Å². The molecule has 3 aromatic rings. The van der Waals surface area contributed by atoms with Gasteiger partial charge in [-0.25, -0.2) is 9.97 Å². The van der Waals surface area contributed by atoms with E-state index in [1.54, 1.807) is 24.3 Å². The minimum Gasteiger partial charge on any atom is -0.340 e. The second kappa shape index (κ2) is 6.80. The molecule has 1 heterocycles. The zero-order valence-electron chi connectivity index (χ0n) is 12.2. The highest BCUT2D eigenvalue weighted by molar-refractivity contribution is 6.66. The molecule has 1 aromatic heterocycles. The first-order valence-electron chi connectivity index (χ1n) is 6.80. The number of hydrogen-bond acceptors (Lipinski definition) is 5. The number of alkyl halides is 3. The van der Waals surface area contributed by atoms with Gasteiger partial charge in [-0.05, 0) is 30.3 Å². The number of anilines is 2. The van der Waals surface area contributed by atoms with Gasteiger partial charge in [0.1, 0.15) is 5.82 Å². The Balaban J connectivity index is 2.18. The first kappa shape index (κ1) is 17.9. The molecule has 0 aliphatic rings. The first-order valence-corrected chi connectivity index (χ1v) is 8.31. The van der Waals surface area contributed by atoms with Gasteiger partial charge in [0.15, 0.2) is 5.82 Å². The summed E-state index contributed by atoms with van der Waals surface area (Å²) in [5.74, 6) is 0.229. The lowest BCUT2D eigenvalue weighted by molar-refractivity contribution is -0.384. The number of non-ortho nitro benzene ring substituents is 1. The predicted molar refractivity (Wildman–Crippen MR) is 100 cm³/mol. The van der Waals surface area contributed by atoms with E-state index in [0.29, 0.717) is 21.6 Å². The lowest BCUT2D eigenvalue weighted by atomic mass is 10.2. The molecule has 0 saturated heterocycles. The summed E-state index contributed by atoms with van der Waals surface area (Å²) in [7, 11) is 0. The second-order valence-corrected chi connectivity index (χ2v) is 7.70. The summed E-state index contributed by atoms with van der Waals surface area (Å²) < 4.78 is -1.84. The highest BCUT2D eigenvalue weighted by Gasteiger charge is 2.28. The molecule has 0 spiro atoms. The number of hydrogen-bond donors (Lipinski definition) is 1. The van der Waals surface area contributed by atoms with Crippen molar-refractivity contribution in [3.63, 3.8) is 0 Å². The fourth-order valence-electron chi connectivity index (χ4n) is 2.12. The van der Waals surface area contributed by atoms with Crippen LogP contribution in [0, 0.1) is 10.1 Å². The summed E-state index contributed by atoms with van der Waals surface area (Å²) in [6, 6.07) is 11.0. The lowest BCUT2D eigenvalue weighted by Crippen LogP contribution is -2.10. The van der Waals surface area contributed by atoms with Crippen LogP contribution in [0.4, 0.5) is 17.2 Å². The third-order valence-corrected chi connectivity index (χ3v) is 4.01. The molecule has 10 heteroatoms. The Labute approximate surface area is 161 Å². The van der Waals surface area contributed by atoms with Crippen LogP contribution in [-0.4, -0.2) is 14.9 Å². The van der Waals surface area contributed by atoms with Crippen molar-refractivity contribution in [2.24, 2.45) is 0 Å². The van der Waals surface area contributed by atoms with Crippen molar-refractivity contribution in [2.75, 3.05) is 5.32 Å². The van der Waals surface area contributed by atoms with Crippen LogP contribution >= 0.6 is 46.4 Å². The maximum Gasteiger partial charge on any atom is 0.270 e. The molecule has 0 aliphatic carbocycles. The largest absolute Gasteiger partial charge is 0.340 e. The van der Waals surface area contributed by atoms with Crippen molar-refractivity contribution in [2.45, 2.75) is 3.79 Å². The number of fused-ring (bicyclic) bond motifs is 1. The summed E-state index contributed by atoms with van der Waals surface area (Å²) >= 11 is 23.5. The zero-order valence-corrected chi connectivity index (χ0v) is 15.2. The minimum atomic E-state index is -1.84. The van der Waals surface area contributed by atoms with Crippen molar-refractivity contribution >= 4 is 74.5 Å². The van der Waals surface area contributed by atoms with E-state index in [2.05, 4.69) is 15.3 Å². The summed E-state index contributed by atoms with van der Waals surface area (Å²) in [5.41, 5.74) is 0.960. The van der Waals surface area contributed by atoms with E-state index in [1.165, 1.54) is 18.2 Å². The number of aromatic nitrogens is 2. The van der Waals surface area contributed by atoms with E-state index in [-0.39, 0.29) is 17.3 Å². The number of nitro benzene ring substituents is 1. The molecule has 25 heavy (non-hydrogen) atoms. The van der Waals surface area contributed by atoms with E-state index in [4.69, 9.17) is 46.4 Å². The Morgan fingerprint density at radius 2 is 1.72 bits per heavy atom. The van der Waals surface area contributed by atoms with Gasteiger partial charge in [0.25, 0.3) is 5.69 Å². The monoisotopic (exact) mass is 416 g/mol. The molecule has 2 aromatic carbocycles. The summed E-state index contributed by atoms with van der Waals surface area (Å²) in [5, 5.41) is 15.1. The van der Waals surface area contributed by atoms with Crippen molar-refractivity contribution in [3.8, 4) is 0 Å². The Kier molecular flexibility index (Phi) is 4.88. The number of rotatable bonds is 3. The molecular weight excluding hydrogens is 410 g/mol. The van der Waals surface area contributed by atoms with Gasteiger partial charge < -0.3 is 5.32 Å². The number of nitrogens with one attached hydrogen (secondary N) is 1. The molecule has 6 nitrogen and oxygen atoms in total. The zero-order chi connectivity index (χ0) is 18.2. The third-order valence-electron chi connectivity index (χ3n) is 3.25. The Morgan fingerprint density at radius 3 is 2.32 bits per heavy atom. The average molecular weight is 418 g/mol. The first-order chi connectivity index (χ1) is 11.7. The van der Waals surface area contributed by atoms with E-state index in [1.807, 2.05) is 0 Å². The smallest absolute Gasteiger partial charge is 0.270 e. The Bertz CT molecular complexity index is 958. The standard InChI is InChI=1S/C15H8Cl4N4O2/c16-8-1-3-9(4-2-8)20-13-11-7-10(23(24)25)5-6-12(11)21-14(22-13)15(17,18)19/h1-7H,(H,20,21,22). The van der Waals surface area contributed by atoms with E-state index >= 15 is 0 Å². The minimum absolute atomic E-state index is 0.0460. The Hall–Kier alpha value is -1.86. The van der Waals surface area contributed by atoms with Crippen molar-refractivity contribution in [1.29, 1.82) is 0 Å². The topological polar surface area (TPSA) is 81.0 Å². The van der Waals surface area contributed by atoms with Crippen molar-refractivity contribution in [3.05, 3.63) is 63.4 Å². The molecule has 0 bridgehead atoms. The Morgan fingerprint density at radius 1 is 1.04 bits per heavy atom. The van der Waals surface area contributed by atoms with Crippen LogP contribution in [0.1, 0.15) is 5.82 Å². The van der Waals surface area contributed by atoms with Crippen LogP contribution in [-0.2, 0) is 3.79 Å². The number of benzene rings is 2. The maximum absolute atomic E-state index is 11.0. The SMILES string of the molecule is O=[N+]([O-])c1ccc2nc(C(Cl)(Cl)Cl)nc(Nc3ccc(Cl)cc3)c2c1. The highest BCUT2D eigenvalue weighted by Crippen LogP contribution is 2.38. The van der Waals surface area contributed by atoms with Gasteiger partial charge in [-0.3, -0.25) is 10.1 Å². The molecule has 0 atom stereocenters. The molecule has 0 aliphatic heterocycles. The molecule has 0 saturated carbocycles. The quantitative estimate of drug-likeness (QED) is 0.332. The van der Waals surface area contributed by atoms with Crippen LogP contribution in [0.25, 0.3) is 10.9 Å². The normalized spacial score (nSPS) is 11.5. The molecular formula is C15H8Cl4N4O2. The van der Waals surface area contributed by atoms with Gasteiger partial charge in [0.05, 0.1) is 10.4 Å². The van der Waals surface area contributed by atoms with Crippen LogP contribution in [0.3, 0.4) is 0 Å². The molecule has 0 amide bonds. The molecule has 0 unspecified atom stereocenters. The summed E-state index contributed by atoms with van der Waals surface area (Å²) in [6.07, 6.45) is 0. The fraction of sp³-hybridized carbons (Fsp3) is 0.0667. The van der Waals surface area contributed by atoms with Crippen molar-refractivity contribution < 1.29 is 4.92 Å². The van der Waals surface area contributed by atoms with Crippen LogP contribution in [0.15, 0.2) is 42.5 Å². The van der Waals surface area contributed by atoms with Gasteiger partial charge in [0.2, 0.25) is 3.79 Å². The van der Waals surface area contributed by atoms with E-state index in [0.717, 1.165) is 0 Å². The fourth-order valence-corrected chi connectivity index (χ4v) is 2.50. The lowest BCUT2D eigenvalue weighted by Gasteiger charge is -2.14. The number of halogens is 4. The molecule has 0 radical (unpaired) electrons. The van der Waals surface area contributed by atoms with Gasteiger partial charge >= 0.3 is 0 Å². The number of nitro groups is 1. The molecule has 128 valence electrons. The van der Waals surface area contributed by atoms with Gasteiger partial charge in [-0.15, -0.1) is 0 Å². The van der Waals surface area contributed by atoms with Gasteiger partial charge in [-0.2, -0.15) is 0 Å². The summed E-state index contributed by atoms with van der Waals surface area (Å²) in [6.45, 7) is 0. The third kappa shape index (κ3) is 4.04. The van der Waals surface area contributed by atoms with Crippen LogP contribution < -0.4 is 5.32 Å².